The molecule has 1 aliphatic carbocycles. The smallest absolute Gasteiger partial charge is 0.214 e. The van der Waals surface area contributed by atoms with Gasteiger partial charge in [0.25, 0.3) is 0 Å². The van der Waals surface area contributed by atoms with Crippen molar-refractivity contribution < 1.29 is 14.6 Å². The first-order valence-corrected chi connectivity index (χ1v) is 9.70. The van der Waals surface area contributed by atoms with Crippen molar-refractivity contribution in [3.8, 4) is 5.75 Å². The van der Waals surface area contributed by atoms with Crippen LogP contribution in [-0.2, 0) is 11.3 Å². The zero-order valence-corrected chi connectivity index (χ0v) is 15.9. The van der Waals surface area contributed by atoms with Crippen LogP contribution in [0.2, 0.25) is 0 Å². The molecule has 3 N–H and O–H groups in total. The maximum absolute atomic E-state index is 10.5. The van der Waals surface area contributed by atoms with Crippen LogP contribution in [0.4, 0.5) is 5.69 Å². The predicted octanol–water partition coefficient (Wildman–Crippen LogP) is 3.66. The first-order chi connectivity index (χ1) is 13.2. The lowest BCUT2D eigenvalue weighted by atomic mass is 9.81. The van der Waals surface area contributed by atoms with Crippen LogP contribution in [-0.4, -0.2) is 24.7 Å². The molecule has 27 heavy (non-hydrogen) atoms. The van der Waals surface area contributed by atoms with E-state index in [1.807, 2.05) is 42.5 Å². The summed E-state index contributed by atoms with van der Waals surface area (Å²) in [6.07, 6.45) is 1.51. The van der Waals surface area contributed by atoms with Crippen LogP contribution in [0.1, 0.15) is 36.9 Å². The van der Waals surface area contributed by atoms with E-state index in [0.717, 1.165) is 22.6 Å². The number of hydrogen-bond acceptors (Lipinski definition) is 5. The number of hydrogen-bond donors (Lipinski definition) is 3. The maximum Gasteiger partial charge on any atom is 0.214 e. The average Bonchev–Trinajstić information content (AvgIpc) is 3.54. The van der Waals surface area contributed by atoms with Crippen LogP contribution >= 0.6 is 0 Å². The molecule has 2 aromatic rings. The molecule has 2 aliphatic rings. The zero-order valence-electron chi connectivity index (χ0n) is 15.9. The molecule has 0 saturated heterocycles. The molecule has 0 spiro atoms. The van der Waals surface area contributed by atoms with Gasteiger partial charge in [0.2, 0.25) is 6.41 Å². The fraction of sp³-hybridized carbons (Fsp3) is 0.455. The Kier molecular flexibility index (Phi) is 5.34. The van der Waals surface area contributed by atoms with Crippen molar-refractivity contribution in [2.45, 2.75) is 44.9 Å². The minimum atomic E-state index is -1.02. The predicted molar refractivity (Wildman–Crippen MR) is 105 cm³/mol. The molecule has 1 saturated carbocycles. The van der Waals surface area contributed by atoms with Gasteiger partial charge in [-0.25, -0.2) is 0 Å². The van der Waals surface area contributed by atoms with Gasteiger partial charge < -0.3 is 19.9 Å². The molecule has 1 heterocycles. The van der Waals surface area contributed by atoms with Crippen LogP contribution in [0.15, 0.2) is 48.5 Å². The van der Waals surface area contributed by atoms with Gasteiger partial charge in [-0.05, 0) is 41.9 Å². The zero-order chi connectivity index (χ0) is 18.8. The molecule has 4 atom stereocenters. The topological polar surface area (TPSA) is 62.8 Å². The van der Waals surface area contributed by atoms with E-state index in [0.29, 0.717) is 24.5 Å². The maximum atomic E-state index is 10.5. The van der Waals surface area contributed by atoms with Crippen molar-refractivity contribution in [1.82, 2.24) is 5.32 Å². The molecule has 1 aliphatic heterocycles. The molecule has 2 aromatic carbocycles. The molecular weight excluding hydrogens is 340 g/mol. The Labute approximate surface area is 160 Å². The number of benzene rings is 2. The summed E-state index contributed by atoms with van der Waals surface area (Å²) in [4.78, 5) is 0. The van der Waals surface area contributed by atoms with Crippen LogP contribution in [0, 0.1) is 11.8 Å². The van der Waals surface area contributed by atoms with Crippen LogP contribution < -0.4 is 15.4 Å². The second-order valence-electron chi connectivity index (χ2n) is 7.61. The van der Waals surface area contributed by atoms with E-state index in [9.17, 15) is 5.11 Å². The van der Waals surface area contributed by atoms with Crippen molar-refractivity contribution >= 4 is 5.69 Å². The number of nitrogens with one attached hydrogen (secondary N) is 2. The third-order valence-corrected chi connectivity index (χ3v) is 5.71. The normalized spacial score (nSPS) is 25.4. The van der Waals surface area contributed by atoms with Gasteiger partial charge in [0.1, 0.15) is 5.75 Å². The molecule has 1 fully saturated rings. The van der Waals surface area contributed by atoms with Gasteiger partial charge in [-0.15, -0.1) is 0 Å². The van der Waals surface area contributed by atoms with E-state index in [1.54, 1.807) is 7.11 Å². The van der Waals surface area contributed by atoms with Crippen LogP contribution in [0.3, 0.4) is 0 Å². The molecule has 0 radical (unpaired) electrons. The third kappa shape index (κ3) is 4.10. The van der Waals surface area contributed by atoms with E-state index in [2.05, 4.69) is 23.6 Å². The van der Waals surface area contributed by atoms with Gasteiger partial charge in [0.05, 0.1) is 13.7 Å². The Balaban J connectivity index is 1.49. The number of ether oxygens (including phenoxy) is 2. The fourth-order valence-corrected chi connectivity index (χ4v) is 4.06. The lowest BCUT2D eigenvalue weighted by molar-refractivity contribution is -0.137. The summed E-state index contributed by atoms with van der Waals surface area (Å²) in [6, 6.07) is 16.4. The highest BCUT2D eigenvalue weighted by Crippen LogP contribution is 2.46. The highest BCUT2D eigenvalue weighted by atomic mass is 16.6. The van der Waals surface area contributed by atoms with E-state index < -0.39 is 6.41 Å². The summed E-state index contributed by atoms with van der Waals surface area (Å²) in [5, 5.41) is 17.5. The molecule has 5 nitrogen and oxygen atoms in total. The Bertz CT molecular complexity index is 763. The minimum Gasteiger partial charge on any atom is -0.497 e. The largest absolute Gasteiger partial charge is 0.497 e. The van der Waals surface area contributed by atoms with Gasteiger partial charge in [0.15, 0.2) is 0 Å². The monoisotopic (exact) mass is 368 g/mol. The standard InChI is InChI=1S/C22H28N2O3/c1-14-20(16-8-9-16)23-19-12-17(26-2)10-11-18(19)21(14)24-22(25)27-13-15-6-4-3-5-7-15/h3-7,10-12,14,16,20-25H,8-9,13H2,1-2H3/t14-,20+,21+,22?/m0/s1. The summed E-state index contributed by atoms with van der Waals surface area (Å²) < 4.78 is 11.0. The van der Waals surface area contributed by atoms with E-state index in [-0.39, 0.29) is 6.04 Å². The summed E-state index contributed by atoms with van der Waals surface area (Å²) in [7, 11) is 1.68. The van der Waals surface area contributed by atoms with Crippen LogP contribution in [0.25, 0.3) is 0 Å². The Morgan fingerprint density at radius 1 is 1.19 bits per heavy atom. The van der Waals surface area contributed by atoms with Gasteiger partial charge in [-0.1, -0.05) is 43.3 Å². The van der Waals surface area contributed by atoms with Gasteiger partial charge >= 0.3 is 0 Å². The van der Waals surface area contributed by atoms with Crippen molar-refractivity contribution in [3.63, 3.8) is 0 Å². The summed E-state index contributed by atoms with van der Waals surface area (Å²) >= 11 is 0. The average molecular weight is 368 g/mol. The first kappa shape index (κ1) is 18.3. The van der Waals surface area contributed by atoms with Crippen molar-refractivity contribution in [2.24, 2.45) is 11.8 Å². The highest BCUT2D eigenvalue weighted by molar-refractivity contribution is 5.59. The molecule has 0 amide bonds. The Hall–Kier alpha value is -2.08. The molecular formula is C22H28N2O3. The number of anilines is 1. The summed E-state index contributed by atoms with van der Waals surface area (Å²) in [6.45, 7) is 2.61. The van der Waals surface area contributed by atoms with Crippen molar-refractivity contribution in [2.75, 3.05) is 12.4 Å². The van der Waals surface area contributed by atoms with E-state index in [1.165, 1.54) is 12.8 Å². The Morgan fingerprint density at radius 2 is 1.96 bits per heavy atom. The molecule has 1 unspecified atom stereocenters. The second-order valence-corrected chi connectivity index (χ2v) is 7.61. The number of rotatable bonds is 7. The van der Waals surface area contributed by atoms with E-state index in [4.69, 9.17) is 9.47 Å². The quantitative estimate of drug-likeness (QED) is 0.651. The SMILES string of the molecule is COc1ccc2c(c1)N[C@@H](C1CC1)[C@H](C)[C@H]2NC(O)OCc1ccccc1. The minimum absolute atomic E-state index is 0.0172. The molecule has 5 heteroatoms. The van der Waals surface area contributed by atoms with Gasteiger partial charge in [-0.3, -0.25) is 5.32 Å². The lowest BCUT2D eigenvalue weighted by Crippen LogP contribution is -2.46. The third-order valence-electron chi connectivity index (χ3n) is 5.71. The fourth-order valence-electron chi connectivity index (χ4n) is 4.06. The first-order valence-electron chi connectivity index (χ1n) is 9.70. The molecule has 4 rings (SSSR count). The highest BCUT2D eigenvalue weighted by Gasteiger charge is 2.42. The molecule has 0 aromatic heterocycles. The number of fused-ring (bicyclic) bond motifs is 1. The summed E-state index contributed by atoms with van der Waals surface area (Å²) in [5.74, 6) is 1.88. The van der Waals surface area contributed by atoms with Crippen LogP contribution in [0.5, 0.6) is 5.75 Å². The Morgan fingerprint density at radius 3 is 2.67 bits per heavy atom. The molecule has 0 bridgehead atoms. The summed E-state index contributed by atoms with van der Waals surface area (Å²) in [5.41, 5.74) is 3.26. The van der Waals surface area contributed by atoms with Gasteiger partial charge in [0, 0.05) is 23.8 Å². The van der Waals surface area contributed by atoms with Gasteiger partial charge in [-0.2, -0.15) is 0 Å². The number of aliphatic hydroxyl groups excluding tert-OH is 1. The number of methoxy groups -OCH3 is 1. The lowest BCUT2D eigenvalue weighted by Gasteiger charge is -2.40. The van der Waals surface area contributed by atoms with Crippen molar-refractivity contribution in [1.29, 1.82) is 0 Å². The van der Waals surface area contributed by atoms with Crippen molar-refractivity contribution in [3.05, 3.63) is 59.7 Å². The second kappa shape index (κ2) is 7.89. The molecule has 144 valence electrons. The van der Waals surface area contributed by atoms with E-state index >= 15 is 0 Å². The number of aliphatic hydroxyl groups is 1.